The Kier molecular flexibility index (Phi) is 7.13. The van der Waals surface area contributed by atoms with Crippen LogP contribution in [0.4, 0.5) is 0 Å². The maximum Gasteiger partial charge on any atom is 0.258 e. The van der Waals surface area contributed by atoms with Crippen LogP contribution in [-0.4, -0.2) is 33.9 Å². The largest absolute Gasteiger partial charge is 0.333 e. The molecule has 2 rings (SSSR count). The van der Waals surface area contributed by atoms with E-state index in [9.17, 15) is 9.59 Å². The van der Waals surface area contributed by atoms with Crippen LogP contribution in [0.15, 0.2) is 29.1 Å². The zero-order valence-corrected chi connectivity index (χ0v) is 15.1. The van der Waals surface area contributed by atoms with Crippen LogP contribution in [0.5, 0.6) is 0 Å². The molecule has 0 aliphatic heterocycles. The van der Waals surface area contributed by atoms with Crippen molar-refractivity contribution >= 4 is 16.8 Å². The third-order valence-corrected chi connectivity index (χ3v) is 4.47. The summed E-state index contributed by atoms with van der Waals surface area (Å²) < 4.78 is 0. The van der Waals surface area contributed by atoms with E-state index < -0.39 is 0 Å². The van der Waals surface area contributed by atoms with Crippen LogP contribution in [0.2, 0.25) is 0 Å². The Bertz CT molecular complexity index is 756. The summed E-state index contributed by atoms with van der Waals surface area (Å²) in [6, 6.07) is 6.98. The summed E-state index contributed by atoms with van der Waals surface area (Å²) in [4.78, 5) is 33.9. The summed E-state index contributed by atoms with van der Waals surface area (Å²) in [5.41, 5.74) is 6.00. The standard InChI is InChI=1S/C19H28N4O2/c1-3-17(24)23(13-9-5-4-8-12-20)14(2)18-21-16-11-7-6-10-15(16)19(25)22-18/h6-7,10-11,14H,3-5,8-9,12-13,20H2,1-2H3,(H,21,22,25)/t14-/m1/s1. The van der Waals surface area contributed by atoms with Crippen LogP contribution in [0.3, 0.4) is 0 Å². The van der Waals surface area contributed by atoms with Gasteiger partial charge in [-0.2, -0.15) is 0 Å². The van der Waals surface area contributed by atoms with Crippen molar-refractivity contribution < 1.29 is 4.79 Å². The zero-order chi connectivity index (χ0) is 18.2. The molecule has 2 aromatic rings. The van der Waals surface area contributed by atoms with Gasteiger partial charge in [-0.1, -0.05) is 31.9 Å². The Morgan fingerprint density at radius 3 is 2.68 bits per heavy atom. The molecular formula is C19H28N4O2. The second kappa shape index (κ2) is 9.32. The lowest BCUT2D eigenvalue weighted by Crippen LogP contribution is -2.35. The van der Waals surface area contributed by atoms with Crippen molar-refractivity contribution in [3.8, 4) is 0 Å². The number of nitrogens with two attached hydrogens (primary N) is 1. The molecule has 6 heteroatoms. The number of H-pyrrole nitrogens is 1. The van der Waals surface area contributed by atoms with Crippen LogP contribution >= 0.6 is 0 Å². The van der Waals surface area contributed by atoms with Crippen molar-refractivity contribution in [2.75, 3.05) is 13.1 Å². The van der Waals surface area contributed by atoms with E-state index in [0.717, 1.165) is 25.7 Å². The van der Waals surface area contributed by atoms with E-state index in [-0.39, 0.29) is 17.5 Å². The summed E-state index contributed by atoms with van der Waals surface area (Å²) in [7, 11) is 0. The van der Waals surface area contributed by atoms with Gasteiger partial charge >= 0.3 is 0 Å². The second-order valence-corrected chi connectivity index (χ2v) is 6.29. The minimum Gasteiger partial charge on any atom is -0.333 e. The SMILES string of the molecule is CCC(=O)N(CCCCCCN)[C@H](C)c1nc2ccccc2c(=O)[nH]1. The molecule has 1 atom stereocenters. The lowest BCUT2D eigenvalue weighted by molar-refractivity contribution is -0.133. The molecule has 0 bridgehead atoms. The predicted molar refractivity (Wildman–Crippen MR) is 100 cm³/mol. The van der Waals surface area contributed by atoms with Crippen LogP contribution in [0.25, 0.3) is 10.9 Å². The van der Waals surface area contributed by atoms with Crippen molar-refractivity contribution in [3.05, 3.63) is 40.4 Å². The zero-order valence-electron chi connectivity index (χ0n) is 15.1. The third kappa shape index (κ3) is 4.89. The Hall–Kier alpha value is -2.21. The highest BCUT2D eigenvalue weighted by Crippen LogP contribution is 2.19. The normalized spacial score (nSPS) is 12.3. The number of aromatic nitrogens is 2. The molecule has 1 aromatic heterocycles. The number of para-hydroxylation sites is 1. The van der Waals surface area contributed by atoms with Gasteiger partial charge in [-0.25, -0.2) is 4.98 Å². The van der Waals surface area contributed by atoms with Gasteiger partial charge in [0, 0.05) is 13.0 Å². The fraction of sp³-hybridized carbons (Fsp3) is 0.526. The number of rotatable bonds is 9. The number of nitrogens with one attached hydrogen (secondary N) is 1. The molecule has 3 N–H and O–H groups in total. The molecule has 0 aliphatic rings. The van der Waals surface area contributed by atoms with E-state index in [1.54, 1.807) is 6.07 Å². The topological polar surface area (TPSA) is 92.1 Å². The molecule has 0 saturated heterocycles. The minimum absolute atomic E-state index is 0.0714. The average molecular weight is 344 g/mol. The summed E-state index contributed by atoms with van der Waals surface area (Å²) in [6.45, 7) is 5.14. The van der Waals surface area contributed by atoms with Gasteiger partial charge in [-0.15, -0.1) is 0 Å². The maximum atomic E-state index is 12.4. The molecule has 0 aliphatic carbocycles. The smallest absolute Gasteiger partial charge is 0.258 e. The molecule has 0 spiro atoms. The lowest BCUT2D eigenvalue weighted by atomic mass is 10.1. The molecule has 0 fully saturated rings. The Labute approximate surface area is 148 Å². The number of unbranched alkanes of at least 4 members (excludes halogenated alkanes) is 3. The summed E-state index contributed by atoms with van der Waals surface area (Å²) in [6.07, 6.45) is 4.48. The third-order valence-electron chi connectivity index (χ3n) is 4.47. The molecule has 0 unspecified atom stereocenters. The Balaban J connectivity index is 2.19. The number of hydrogen-bond acceptors (Lipinski definition) is 4. The number of amides is 1. The molecule has 136 valence electrons. The van der Waals surface area contributed by atoms with Crippen molar-refractivity contribution in [1.29, 1.82) is 0 Å². The van der Waals surface area contributed by atoms with E-state index in [1.807, 2.05) is 36.9 Å². The van der Waals surface area contributed by atoms with Gasteiger partial charge in [0.05, 0.1) is 16.9 Å². The van der Waals surface area contributed by atoms with Crippen LogP contribution in [0.1, 0.15) is 57.8 Å². The number of aromatic amines is 1. The van der Waals surface area contributed by atoms with Gasteiger partial charge < -0.3 is 15.6 Å². The molecular weight excluding hydrogens is 316 g/mol. The first-order valence-corrected chi connectivity index (χ1v) is 9.07. The monoisotopic (exact) mass is 344 g/mol. The highest BCUT2D eigenvalue weighted by Gasteiger charge is 2.22. The van der Waals surface area contributed by atoms with E-state index >= 15 is 0 Å². The summed E-state index contributed by atoms with van der Waals surface area (Å²) >= 11 is 0. The molecule has 1 amide bonds. The molecule has 6 nitrogen and oxygen atoms in total. The highest BCUT2D eigenvalue weighted by atomic mass is 16.2. The van der Waals surface area contributed by atoms with E-state index in [4.69, 9.17) is 5.73 Å². The van der Waals surface area contributed by atoms with E-state index in [0.29, 0.717) is 36.2 Å². The fourth-order valence-corrected chi connectivity index (χ4v) is 2.97. The number of carbonyl (C=O) groups is 1. The van der Waals surface area contributed by atoms with E-state index in [2.05, 4.69) is 9.97 Å². The molecule has 1 heterocycles. The van der Waals surface area contributed by atoms with Gasteiger partial charge in [0.1, 0.15) is 5.82 Å². The first-order chi connectivity index (χ1) is 12.1. The quantitative estimate of drug-likeness (QED) is 0.684. The number of benzene rings is 1. The van der Waals surface area contributed by atoms with Crippen LogP contribution in [0, 0.1) is 0 Å². The van der Waals surface area contributed by atoms with Gasteiger partial charge in [-0.05, 0) is 38.4 Å². The lowest BCUT2D eigenvalue weighted by Gasteiger charge is -2.28. The van der Waals surface area contributed by atoms with Crippen molar-refractivity contribution in [2.24, 2.45) is 5.73 Å². The molecule has 25 heavy (non-hydrogen) atoms. The van der Waals surface area contributed by atoms with Crippen molar-refractivity contribution in [1.82, 2.24) is 14.9 Å². The number of nitrogens with zero attached hydrogens (tertiary/aromatic N) is 2. The first-order valence-electron chi connectivity index (χ1n) is 9.07. The second-order valence-electron chi connectivity index (χ2n) is 6.29. The number of hydrogen-bond donors (Lipinski definition) is 2. The van der Waals surface area contributed by atoms with Crippen molar-refractivity contribution in [3.63, 3.8) is 0 Å². The highest BCUT2D eigenvalue weighted by molar-refractivity contribution is 5.78. The maximum absolute atomic E-state index is 12.4. The van der Waals surface area contributed by atoms with Gasteiger partial charge in [0.2, 0.25) is 5.91 Å². The van der Waals surface area contributed by atoms with Crippen LogP contribution < -0.4 is 11.3 Å². The Morgan fingerprint density at radius 2 is 1.96 bits per heavy atom. The summed E-state index contributed by atoms with van der Waals surface area (Å²) in [5.74, 6) is 0.606. The Morgan fingerprint density at radius 1 is 1.24 bits per heavy atom. The van der Waals surface area contributed by atoms with Gasteiger partial charge in [-0.3, -0.25) is 9.59 Å². The first kappa shape index (κ1) is 19.1. The van der Waals surface area contributed by atoms with Crippen LogP contribution in [-0.2, 0) is 4.79 Å². The summed E-state index contributed by atoms with van der Waals surface area (Å²) in [5, 5.41) is 0.564. The molecule has 0 radical (unpaired) electrons. The number of fused-ring (bicyclic) bond motifs is 1. The van der Waals surface area contributed by atoms with Crippen molar-refractivity contribution in [2.45, 2.75) is 52.0 Å². The minimum atomic E-state index is -0.265. The molecule has 0 saturated carbocycles. The molecule has 1 aromatic carbocycles. The number of carbonyl (C=O) groups excluding carboxylic acids is 1. The van der Waals surface area contributed by atoms with E-state index in [1.165, 1.54) is 0 Å². The van der Waals surface area contributed by atoms with Gasteiger partial charge in [0.15, 0.2) is 0 Å². The average Bonchev–Trinajstić information content (AvgIpc) is 2.63. The predicted octanol–water partition coefficient (Wildman–Crippen LogP) is 2.74. The van der Waals surface area contributed by atoms with Gasteiger partial charge in [0.25, 0.3) is 5.56 Å². The fourth-order valence-electron chi connectivity index (χ4n) is 2.97.